The number of halogens is 3. The van der Waals surface area contributed by atoms with Crippen molar-refractivity contribution in [2.45, 2.75) is 6.42 Å². The number of amides is 1. The quantitative estimate of drug-likeness (QED) is 0.828. The Labute approximate surface area is 117 Å². The fraction of sp³-hybridized carbons (Fsp3) is 0.364. The van der Waals surface area contributed by atoms with Crippen LogP contribution in [0.5, 0.6) is 0 Å². The molecule has 0 spiro atoms. The van der Waals surface area contributed by atoms with Crippen LogP contribution in [0.25, 0.3) is 0 Å². The number of carbonyl (C=O) groups excluding carboxylic acids is 1. The summed E-state index contributed by atoms with van der Waals surface area (Å²) in [6, 6.07) is 1.75. The van der Waals surface area contributed by atoms with Crippen molar-refractivity contribution >= 4 is 37.4 Å². The number of benzene rings is 1. The van der Waals surface area contributed by atoms with Crippen LogP contribution in [0.2, 0.25) is 0 Å². The molecule has 1 aromatic carbocycles. The fourth-order valence-corrected chi connectivity index (χ4v) is 3.91. The first-order valence-corrected chi connectivity index (χ1v) is 8.06. The van der Waals surface area contributed by atoms with E-state index in [0.717, 1.165) is 12.1 Å². The number of anilines is 1. The molecular weight excluding hydrogens is 344 g/mol. The molecule has 0 saturated carbocycles. The molecule has 1 fully saturated rings. The second-order valence-corrected chi connectivity index (χ2v) is 7.42. The van der Waals surface area contributed by atoms with Crippen molar-refractivity contribution < 1.29 is 22.0 Å². The predicted octanol–water partition coefficient (Wildman–Crippen LogP) is 2.10. The van der Waals surface area contributed by atoms with E-state index in [1.54, 1.807) is 0 Å². The third-order valence-corrected chi connectivity index (χ3v) is 5.25. The largest absolute Gasteiger partial charge is 0.323 e. The topological polar surface area (TPSA) is 63.2 Å². The van der Waals surface area contributed by atoms with Crippen LogP contribution >= 0.6 is 15.9 Å². The monoisotopic (exact) mass is 353 g/mol. The van der Waals surface area contributed by atoms with Crippen LogP contribution in [0.15, 0.2) is 16.6 Å². The summed E-state index contributed by atoms with van der Waals surface area (Å²) in [5, 5.41) is 2.22. The predicted molar refractivity (Wildman–Crippen MR) is 69.4 cm³/mol. The van der Waals surface area contributed by atoms with Gasteiger partial charge in [-0.25, -0.2) is 17.2 Å². The van der Waals surface area contributed by atoms with Crippen molar-refractivity contribution in [3.05, 3.63) is 28.2 Å². The Balaban J connectivity index is 2.14. The molecule has 0 bridgehead atoms. The van der Waals surface area contributed by atoms with E-state index >= 15 is 0 Å². The van der Waals surface area contributed by atoms with Crippen molar-refractivity contribution in [3.63, 3.8) is 0 Å². The van der Waals surface area contributed by atoms with Gasteiger partial charge >= 0.3 is 0 Å². The first-order chi connectivity index (χ1) is 8.78. The lowest BCUT2D eigenvalue weighted by atomic mass is 10.1. The van der Waals surface area contributed by atoms with Gasteiger partial charge in [0.2, 0.25) is 5.91 Å². The minimum atomic E-state index is -3.19. The molecule has 1 saturated heterocycles. The van der Waals surface area contributed by atoms with Gasteiger partial charge in [0.25, 0.3) is 0 Å². The average Bonchev–Trinajstić information content (AvgIpc) is 2.66. The average molecular weight is 354 g/mol. The zero-order valence-corrected chi connectivity index (χ0v) is 12.0. The molecule has 4 nitrogen and oxygen atoms in total. The lowest BCUT2D eigenvalue weighted by Gasteiger charge is -2.10. The van der Waals surface area contributed by atoms with Crippen molar-refractivity contribution in [3.8, 4) is 0 Å². The van der Waals surface area contributed by atoms with Gasteiger partial charge in [0.15, 0.2) is 9.84 Å². The summed E-state index contributed by atoms with van der Waals surface area (Å²) in [6.07, 6.45) is 0.203. The fourth-order valence-electron chi connectivity index (χ4n) is 1.85. The number of sulfone groups is 1. The highest BCUT2D eigenvalue weighted by Gasteiger charge is 2.33. The lowest BCUT2D eigenvalue weighted by Crippen LogP contribution is -2.24. The van der Waals surface area contributed by atoms with Gasteiger partial charge in [0, 0.05) is 6.07 Å². The van der Waals surface area contributed by atoms with Crippen LogP contribution in [0.4, 0.5) is 14.5 Å². The minimum absolute atomic E-state index is 0.0496. The van der Waals surface area contributed by atoms with Gasteiger partial charge in [-0.1, -0.05) is 0 Å². The highest BCUT2D eigenvalue weighted by atomic mass is 79.9. The van der Waals surface area contributed by atoms with Gasteiger partial charge in [0.1, 0.15) is 11.6 Å². The molecule has 1 unspecified atom stereocenters. The van der Waals surface area contributed by atoms with E-state index in [1.165, 1.54) is 0 Å². The minimum Gasteiger partial charge on any atom is -0.323 e. The Morgan fingerprint density at radius 1 is 1.32 bits per heavy atom. The van der Waals surface area contributed by atoms with E-state index in [4.69, 9.17) is 0 Å². The van der Waals surface area contributed by atoms with E-state index < -0.39 is 33.3 Å². The highest BCUT2D eigenvalue weighted by molar-refractivity contribution is 9.10. The molecule has 1 heterocycles. The van der Waals surface area contributed by atoms with Crippen molar-refractivity contribution in [2.75, 3.05) is 16.8 Å². The Morgan fingerprint density at radius 3 is 2.58 bits per heavy atom. The van der Waals surface area contributed by atoms with Crippen molar-refractivity contribution in [2.24, 2.45) is 5.92 Å². The molecule has 2 rings (SSSR count). The second-order valence-electron chi connectivity index (χ2n) is 4.34. The Bertz CT molecular complexity index is 633. The smallest absolute Gasteiger partial charge is 0.228 e. The molecule has 1 amide bonds. The summed E-state index contributed by atoms with van der Waals surface area (Å²) in [5.74, 6) is -3.13. The molecule has 0 aromatic heterocycles. The number of hydrogen-bond donors (Lipinski definition) is 1. The summed E-state index contributed by atoms with van der Waals surface area (Å²) < 4.78 is 49.2. The van der Waals surface area contributed by atoms with Gasteiger partial charge in [0.05, 0.1) is 27.6 Å². The van der Waals surface area contributed by atoms with Gasteiger partial charge in [-0.05, 0) is 28.4 Å². The lowest BCUT2D eigenvalue weighted by molar-refractivity contribution is -0.119. The van der Waals surface area contributed by atoms with Crippen molar-refractivity contribution in [1.29, 1.82) is 0 Å². The van der Waals surface area contributed by atoms with E-state index in [1.807, 2.05) is 0 Å². The number of carbonyl (C=O) groups is 1. The summed E-state index contributed by atoms with van der Waals surface area (Å²) >= 11 is 2.82. The Hall–Kier alpha value is -1.02. The van der Waals surface area contributed by atoms with E-state index in [-0.39, 0.29) is 28.1 Å². The summed E-state index contributed by atoms with van der Waals surface area (Å²) in [5.41, 5.74) is -0.296. The maximum absolute atomic E-state index is 13.5. The van der Waals surface area contributed by atoms with E-state index in [2.05, 4.69) is 21.2 Å². The molecule has 104 valence electrons. The van der Waals surface area contributed by atoms with Gasteiger partial charge in [-0.15, -0.1) is 0 Å². The molecule has 0 radical (unpaired) electrons. The third kappa shape index (κ3) is 3.30. The standard InChI is InChI=1S/C11H10BrF2NO3S/c12-7-3-9(14)10(4-8(7)13)15-11(16)6-1-2-19(17,18)5-6/h3-4,6H,1-2,5H2,(H,15,16). The van der Waals surface area contributed by atoms with Crippen LogP contribution in [0, 0.1) is 17.6 Å². The van der Waals surface area contributed by atoms with Crippen LogP contribution in [-0.2, 0) is 14.6 Å². The third-order valence-electron chi connectivity index (χ3n) is 2.87. The van der Waals surface area contributed by atoms with E-state index in [9.17, 15) is 22.0 Å². The van der Waals surface area contributed by atoms with Crippen LogP contribution in [-0.4, -0.2) is 25.8 Å². The Morgan fingerprint density at radius 2 is 2.00 bits per heavy atom. The van der Waals surface area contributed by atoms with E-state index in [0.29, 0.717) is 0 Å². The van der Waals surface area contributed by atoms with Crippen LogP contribution in [0.3, 0.4) is 0 Å². The van der Waals surface area contributed by atoms with Crippen LogP contribution in [0.1, 0.15) is 6.42 Å². The molecule has 0 aliphatic carbocycles. The second kappa shape index (κ2) is 5.16. The maximum Gasteiger partial charge on any atom is 0.228 e. The SMILES string of the molecule is O=C(Nc1cc(F)c(Br)cc1F)C1CCS(=O)(=O)C1. The molecule has 1 aromatic rings. The molecule has 19 heavy (non-hydrogen) atoms. The molecule has 1 N–H and O–H groups in total. The highest BCUT2D eigenvalue weighted by Crippen LogP contribution is 2.25. The summed E-state index contributed by atoms with van der Waals surface area (Å²) in [6.45, 7) is 0. The molecule has 8 heteroatoms. The normalized spacial score (nSPS) is 21.3. The van der Waals surface area contributed by atoms with Crippen molar-refractivity contribution in [1.82, 2.24) is 0 Å². The molecule has 1 atom stereocenters. The number of nitrogens with one attached hydrogen (secondary N) is 1. The first-order valence-electron chi connectivity index (χ1n) is 5.44. The zero-order valence-electron chi connectivity index (χ0n) is 9.62. The Kier molecular flexibility index (Phi) is 3.91. The first kappa shape index (κ1) is 14.4. The van der Waals surface area contributed by atoms with Gasteiger partial charge < -0.3 is 5.32 Å². The molecule has 1 aliphatic heterocycles. The van der Waals surface area contributed by atoms with Gasteiger partial charge in [-0.3, -0.25) is 4.79 Å². The molecular formula is C11H10BrF2NO3S. The summed E-state index contributed by atoms with van der Waals surface area (Å²) in [4.78, 5) is 11.8. The van der Waals surface area contributed by atoms with Gasteiger partial charge in [-0.2, -0.15) is 0 Å². The summed E-state index contributed by atoms with van der Waals surface area (Å²) in [7, 11) is -3.19. The zero-order chi connectivity index (χ0) is 14.2. The number of hydrogen-bond acceptors (Lipinski definition) is 3. The maximum atomic E-state index is 13.5. The molecule has 1 aliphatic rings. The number of rotatable bonds is 2. The van der Waals surface area contributed by atoms with Crippen LogP contribution < -0.4 is 5.32 Å².